The molecule has 0 radical (unpaired) electrons. The zero-order valence-electron chi connectivity index (χ0n) is 9.62. The fraction of sp³-hybridized carbons (Fsp3) is 0.250. The molecule has 0 amide bonds. The molecule has 1 aromatic carbocycles. The minimum Gasteiger partial charge on any atom is -0.480 e. The van der Waals surface area contributed by atoms with Crippen molar-refractivity contribution in [3.63, 3.8) is 0 Å². The van der Waals surface area contributed by atoms with Gasteiger partial charge in [-0.2, -0.15) is 13.2 Å². The highest BCUT2D eigenvalue weighted by atomic mass is 35.5. The van der Waals surface area contributed by atoms with Crippen LogP contribution in [0.3, 0.4) is 0 Å². The van der Waals surface area contributed by atoms with Crippen LogP contribution in [0, 0.1) is 0 Å². The second kappa shape index (κ2) is 6.08. The third kappa shape index (κ3) is 4.25. The number of carbonyl (C=O) groups is 1. The van der Waals surface area contributed by atoms with E-state index in [1.54, 1.807) is 6.07 Å². The Morgan fingerprint density at radius 1 is 1.32 bits per heavy atom. The topological polar surface area (TPSA) is 63.3 Å². The monoisotopic (exact) mass is 293 g/mol. The number of carboxylic acids is 1. The molecule has 0 spiro atoms. The van der Waals surface area contributed by atoms with Crippen LogP contribution in [-0.4, -0.2) is 23.3 Å². The summed E-state index contributed by atoms with van der Waals surface area (Å²) in [5.41, 5.74) is 5.14. The first-order chi connectivity index (χ1) is 8.73. The predicted octanol–water partition coefficient (Wildman–Crippen LogP) is 3.00. The van der Waals surface area contributed by atoms with Gasteiger partial charge in [-0.15, -0.1) is 0 Å². The number of aliphatic carboxylic acids is 1. The molecule has 0 aliphatic carbocycles. The molecule has 0 aliphatic rings. The Labute approximate surface area is 112 Å². The summed E-state index contributed by atoms with van der Waals surface area (Å²) in [4.78, 5) is 10.7. The minimum atomic E-state index is -4.75. The van der Waals surface area contributed by atoms with Gasteiger partial charge in [0.05, 0.1) is 0 Å². The molecular formula is C12H11ClF3NO2. The summed E-state index contributed by atoms with van der Waals surface area (Å²) in [5, 5.41) is 7.34. The van der Waals surface area contributed by atoms with Crippen molar-refractivity contribution >= 4 is 23.1 Å². The molecule has 3 N–H and O–H groups in total. The van der Waals surface area contributed by atoms with E-state index < -0.39 is 29.6 Å². The van der Waals surface area contributed by atoms with Crippen LogP contribution in [0.15, 0.2) is 35.4 Å². The van der Waals surface area contributed by atoms with Gasteiger partial charge in [-0.3, -0.25) is 4.79 Å². The molecule has 0 aromatic heterocycles. The molecule has 1 atom stereocenters. The Bertz CT molecular complexity index is 485. The number of hydrogen-bond acceptors (Lipinski definition) is 2. The van der Waals surface area contributed by atoms with Gasteiger partial charge in [0.2, 0.25) is 0 Å². The quantitative estimate of drug-likeness (QED) is 0.897. The van der Waals surface area contributed by atoms with E-state index in [0.29, 0.717) is 0 Å². The Morgan fingerprint density at radius 3 is 2.26 bits per heavy atom. The zero-order valence-corrected chi connectivity index (χ0v) is 10.4. The van der Waals surface area contributed by atoms with E-state index in [1.807, 2.05) is 0 Å². The van der Waals surface area contributed by atoms with Crippen LogP contribution in [0.25, 0.3) is 5.57 Å². The Balaban J connectivity index is 3.24. The number of hydrogen-bond donors (Lipinski definition) is 2. The maximum atomic E-state index is 12.7. The first-order valence-corrected chi connectivity index (χ1v) is 5.61. The van der Waals surface area contributed by atoms with Crippen molar-refractivity contribution in [2.24, 2.45) is 5.73 Å². The van der Waals surface area contributed by atoms with Crippen molar-refractivity contribution in [2.45, 2.75) is 18.6 Å². The Hall–Kier alpha value is -1.53. The lowest BCUT2D eigenvalue weighted by atomic mass is 9.98. The molecule has 0 heterocycles. The fourth-order valence-corrected chi connectivity index (χ4v) is 1.64. The molecule has 0 aliphatic heterocycles. The Kier molecular flexibility index (Phi) is 4.97. The third-order valence-electron chi connectivity index (χ3n) is 2.38. The van der Waals surface area contributed by atoms with Gasteiger partial charge >= 0.3 is 12.1 Å². The number of halogens is 4. The first-order valence-electron chi connectivity index (χ1n) is 5.23. The lowest BCUT2D eigenvalue weighted by molar-refractivity contribution is -0.138. The number of alkyl halides is 3. The third-order valence-corrected chi connectivity index (χ3v) is 2.82. The van der Waals surface area contributed by atoms with E-state index in [4.69, 9.17) is 22.4 Å². The van der Waals surface area contributed by atoms with Crippen LogP contribution >= 0.6 is 11.6 Å². The highest BCUT2D eigenvalue weighted by Gasteiger charge is 2.36. The van der Waals surface area contributed by atoms with Crippen LogP contribution in [0.2, 0.25) is 0 Å². The van der Waals surface area contributed by atoms with Crippen molar-refractivity contribution < 1.29 is 23.1 Å². The highest BCUT2D eigenvalue weighted by molar-refractivity contribution is 6.33. The van der Waals surface area contributed by atoms with Crippen molar-refractivity contribution in [1.82, 2.24) is 0 Å². The highest BCUT2D eigenvalue weighted by Crippen LogP contribution is 2.37. The number of rotatable bonds is 4. The minimum absolute atomic E-state index is 0.196. The maximum absolute atomic E-state index is 12.7. The molecule has 104 valence electrons. The lowest BCUT2D eigenvalue weighted by Gasteiger charge is -2.15. The molecule has 0 bridgehead atoms. The number of nitrogens with two attached hydrogens (primary N) is 1. The molecule has 3 nitrogen and oxygen atoms in total. The smallest absolute Gasteiger partial charge is 0.427 e. The van der Waals surface area contributed by atoms with Crippen LogP contribution in [0.4, 0.5) is 13.2 Å². The van der Waals surface area contributed by atoms with E-state index in [9.17, 15) is 18.0 Å². The van der Waals surface area contributed by atoms with E-state index in [-0.39, 0.29) is 11.1 Å². The van der Waals surface area contributed by atoms with Gasteiger partial charge in [0.15, 0.2) is 0 Å². The van der Waals surface area contributed by atoms with E-state index >= 15 is 0 Å². The largest absolute Gasteiger partial charge is 0.480 e. The standard InChI is InChI=1S/C12H11ClF3NO2/c13-10(12(14,15)16)8(6-9(17)11(18)19)7-4-2-1-3-5-7/h1-5,9H,6,17H2,(H,18,19)/b10-8-. The molecule has 7 heteroatoms. The molecule has 0 fully saturated rings. The molecule has 1 aromatic rings. The van der Waals surface area contributed by atoms with E-state index in [0.717, 1.165) is 0 Å². The summed E-state index contributed by atoms with van der Waals surface area (Å²) >= 11 is 5.31. The van der Waals surface area contributed by atoms with E-state index in [2.05, 4.69) is 0 Å². The zero-order chi connectivity index (χ0) is 14.6. The van der Waals surface area contributed by atoms with Gasteiger partial charge in [0.25, 0.3) is 0 Å². The number of allylic oxidation sites excluding steroid dienone is 1. The molecule has 19 heavy (non-hydrogen) atoms. The Morgan fingerprint density at radius 2 is 1.84 bits per heavy atom. The summed E-state index contributed by atoms with van der Waals surface area (Å²) in [7, 11) is 0. The van der Waals surface area contributed by atoms with Crippen molar-refractivity contribution in [3.05, 3.63) is 40.9 Å². The molecule has 0 saturated carbocycles. The van der Waals surface area contributed by atoms with Gasteiger partial charge in [0, 0.05) is 6.42 Å². The fourth-order valence-electron chi connectivity index (χ4n) is 1.45. The molecule has 1 unspecified atom stereocenters. The maximum Gasteiger partial charge on any atom is 0.427 e. The number of benzene rings is 1. The summed E-state index contributed by atoms with van der Waals surface area (Å²) in [6, 6.07) is 6.06. The summed E-state index contributed by atoms with van der Waals surface area (Å²) in [6.45, 7) is 0. The number of carboxylic acid groups (broad SMARTS) is 1. The second-order valence-corrected chi connectivity index (χ2v) is 4.18. The molecule has 1 rings (SSSR count). The van der Waals surface area contributed by atoms with Gasteiger partial charge < -0.3 is 10.8 Å². The second-order valence-electron chi connectivity index (χ2n) is 3.81. The van der Waals surface area contributed by atoms with Crippen molar-refractivity contribution in [1.29, 1.82) is 0 Å². The first kappa shape index (κ1) is 15.5. The SMILES string of the molecule is NC(C/C(=C(/Cl)C(F)(F)F)c1ccccc1)C(=O)O. The van der Waals surface area contributed by atoms with Crippen LogP contribution in [0.1, 0.15) is 12.0 Å². The summed E-state index contributed by atoms with van der Waals surface area (Å²) < 4.78 is 38.0. The van der Waals surface area contributed by atoms with Gasteiger partial charge in [0.1, 0.15) is 11.1 Å². The van der Waals surface area contributed by atoms with Crippen LogP contribution < -0.4 is 5.73 Å². The molecular weight excluding hydrogens is 283 g/mol. The lowest BCUT2D eigenvalue weighted by Crippen LogP contribution is -2.30. The normalized spacial score (nSPS) is 14.8. The summed E-state index contributed by atoms with van der Waals surface area (Å²) in [6.07, 6.45) is -5.25. The molecule has 0 saturated heterocycles. The van der Waals surface area contributed by atoms with E-state index in [1.165, 1.54) is 24.3 Å². The van der Waals surface area contributed by atoms with Gasteiger partial charge in [-0.25, -0.2) is 0 Å². The summed E-state index contributed by atoms with van der Waals surface area (Å²) in [5.74, 6) is -1.39. The van der Waals surface area contributed by atoms with Crippen LogP contribution in [0.5, 0.6) is 0 Å². The van der Waals surface area contributed by atoms with Crippen molar-refractivity contribution in [2.75, 3.05) is 0 Å². The average Bonchev–Trinajstić information content (AvgIpc) is 2.34. The van der Waals surface area contributed by atoms with Crippen LogP contribution in [-0.2, 0) is 4.79 Å². The van der Waals surface area contributed by atoms with Gasteiger partial charge in [-0.05, 0) is 11.1 Å². The average molecular weight is 294 g/mol. The predicted molar refractivity (Wildman–Crippen MR) is 65.5 cm³/mol. The van der Waals surface area contributed by atoms with Crippen molar-refractivity contribution in [3.8, 4) is 0 Å². The van der Waals surface area contributed by atoms with Gasteiger partial charge in [-0.1, -0.05) is 41.9 Å².